The Bertz CT molecular complexity index is 795. The Morgan fingerprint density at radius 3 is 2.39 bits per heavy atom. The number of rotatable bonds is 4. The summed E-state index contributed by atoms with van der Waals surface area (Å²) in [5.41, 5.74) is 1.64. The van der Waals surface area contributed by atoms with Gasteiger partial charge < -0.3 is 14.7 Å². The van der Waals surface area contributed by atoms with E-state index in [1.807, 2.05) is 22.4 Å². The minimum Gasteiger partial charge on any atom is -0.369 e. The molecule has 0 aliphatic carbocycles. The summed E-state index contributed by atoms with van der Waals surface area (Å²) in [5, 5.41) is 2.89. The molecule has 150 valence electrons. The van der Waals surface area contributed by atoms with Crippen molar-refractivity contribution in [3.05, 3.63) is 46.2 Å². The monoisotopic (exact) mass is 403 g/mol. The second-order valence-electron chi connectivity index (χ2n) is 7.46. The van der Waals surface area contributed by atoms with Crippen molar-refractivity contribution in [2.75, 3.05) is 64.3 Å². The van der Waals surface area contributed by atoms with Gasteiger partial charge in [0.05, 0.1) is 6.54 Å². The van der Waals surface area contributed by atoms with Crippen LogP contribution in [0.2, 0.25) is 0 Å². The molecule has 0 atom stereocenters. The number of likely N-dealkylation sites (N-methyl/N-ethyl adjacent to an activating group) is 1. The van der Waals surface area contributed by atoms with E-state index in [1.54, 1.807) is 11.3 Å². The van der Waals surface area contributed by atoms with E-state index in [1.165, 1.54) is 12.1 Å². The fourth-order valence-electron chi connectivity index (χ4n) is 3.66. The first-order valence-electron chi connectivity index (χ1n) is 9.73. The van der Waals surface area contributed by atoms with E-state index < -0.39 is 0 Å². The standard InChI is InChI=1S/C20H26FN5OS/c1-23-6-10-26(11-7-23)20(27)18-15-28-19(22-18)14-24-8-12-25(13-9-24)17-4-2-16(21)3-5-17/h2-5,15H,6-14H2,1H3. The normalized spacial score (nSPS) is 19.2. The summed E-state index contributed by atoms with van der Waals surface area (Å²) >= 11 is 1.57. The Kier molecular flexibility index (Phi) is 5.89. The highest BCUT2D eigenvalue weighted by Crippen LogP contribution is 2.19. The van der Waals surface area contributed by atoms with Crippen molar-refractivity contribution in [1.82, 2.24) is 19.7 Å². The Labute approximate surface area is 169 Å². The Morgan fingerprint density at radius 1 is 1.04 bits per heavy atom. The molecule has 0 bridgehead atoms. The van der Waals surface area contributed by atoms with E-state index in [2.05, 4.69) is 26.7 Å². The van der Waals surface area contributed by atoms with E-state index in [0.29, 0.717) is 5.69 Å². The van der Waals surface area contributed by atoms with Crippen molar-refractivity contribution >= 4 is 22.9 Å². The molecule has 0 spiro atoms. The molecule has 2 aromatic rings. The average Bonchev–Trinajstić information content (AvgIpc) is 3.18. The highest BCUT2D eigenvalue weighted by Gasteiger charge is 2.23. The topological polar surface area (TPSA) is 42.9 Å². The first-order valence-corrected chi connectivity index (χ1v) is 10.6. The predicted molar refractivity (Wildman–Crippen MR) is 109 cm³/mol. The van der Waals surface area contributed by atoms with Crippen LogP contribution in [-0.2, 0) is 6.54 Å². The number of carbonyl (C=O) groups excluding carboxylic acids is 1. The van der Waals surface area contributed by atoms with Gasteiger partial charge in [-0.3, -0.25) is 9.69 Å². The van der Waals surface area contributed by atoms with Gasteiger partial charge in [-0.25, -0.2) is 9.37 Å². The molecule has 0 unspecified atom stereocenters. The molecule has 4 rings (SSSR count). The zero-order valence-electron chi connectivity index (χ0n) is 16.2. The molecule has 0 N–H and O–H groups in total. The number of anilines is 1. The van der Waals surface area contributed by atoms with Gasteiger partial charge in [0.25, 0.3) is 5.91 Å². The van der Waals surface area contributed by atoms with Gasteiger partial charge in [0.2, 0.25) is 0 Å². The zero-order valence-corrected chi connectivity index (χ0v) is 17.0. The van der Waals surface area contributed by atoms with Crippen LogP contribution in [0.1, 0.15) is 15.5 Å². The van der Waals surface area contributed by atoms with Crippen LogP contribution >= 0.6 is 11.3 Å². The second-order valence-corrected chi connectivity index (χ2v) is 8.40. The maximum Gasteiger partial charge on any atom is 0.273 e. The summed E-state index contributed by atoms with van der Waals surface area (Å²) in [4.78, 5) is 26.0. The van der Waals surface area contributed by atoms with Crippen molar-refractivity contribution in [3.8, 4) is 0 Å². The molecule has 1 aromatic heterocycles. The van der Waals surface area contributed by atoms with Crippen LogP contribution in [0.15, 0.2) is 29.6 Å². The van der Waals surface area contributed by atoms with Crippen molar-refractivity contribution in [2.45, 2.75) is 6.54 Å². The van der Waals surface area contributed by atoms with Crippen LogP contribution in [-0.4, -0.2) is 85.0 Å². The Balaban J connectivity index is 1.29. The molecule has 2 aliphatic rings. The lowest BCUT2D eigenvalue weighted by Crippen LogP contribution is -2.47. The molecule has 28 heavy (non-hydrogen) atoms. The lowest BCUT2D eigenvalue weighted by atomic mass is 10.2. The third-order valence-corrected chi connectivity index (χ3v) is 6.32. The molecule has 6 nitrogen and oxygen atoms in total. The zero-order chi connectivity index (χ0) is 19.5. The van der Waals surface area contributed by atoms with Gasteiger partial charge in [0.1, 0.15) is 16.5 Å². The first kappa shape index (κ1) is 19.3. The summed E-state index contributed by atoms with van der Waals surface area (Å²) < 4.78 is 13.1. The molecule has 1 amide bonds. The van der Waals surface area contributed by atoms with Crippen molar-refractivity contribution in [1.29, 1.82) is 0 Å². The molecule has 3 heterocycles. The maximum atomic E-state index is 13.1. The van der Waals surface area contributed by atoms with Gasteiger partial charge in [-0.05, 0) is 31.3 Å². The molecule has 1 aromatic carbocycles. The molecular weight excluding hydrogens is 377 g/mol. The number of hydrogen-bond acceptors (Lipinski definition) is 6. The number of hydrogen-bond donors (Lipinski definition) is 0. The number of halogens is 1. The van der Waals surface area contributed by atoms with Gasteiger partial charge in [-0.1, -0.05) is 0 Å². The largest absolute Gasteiger partial charge is 0.369 e. The summed E-state index contributed by atoms with van der Waals surface area (Å²) in [6.45, 7) is 7.83. The molecule has 8 heteroatoms. The summed E-state index contributed by atoms with van der Waals surface area (Å²) in [6.07, 6.45) is 0. The fourth-order valence-corrected chi connectivity index (χ4v) is 4.47. The Hall–Kier alpha value is -2.03. The smallest absolute Gasteiger partial charge is 0.273 e. The van der Waals surface area contributed by atoms with Gasteiger partial charge in [0, 0.05) is 63.4 Å². The highest BCUT2D eigenvalue weighted by molar-refractivity contribution is 7.09. The predicted octanol–water partition coefficient (Wildman–Crippen LogP) is 1.99. The minimum atomic E-state index is -0.201. The van der Waals surface area contributed by atoms with E-state index in [-0.39, 0.29) is 11.7 Å². The molecule has 0 saturated carbocycles. The third kappa shape index (κ3) is 4.51. The van der Waals surface area contributed by atoms with Crippen molar-refractivity contribution in [3.63, 3.8) is 0 Å². The number of thiazole rings is 1. The van der Waals surface area contributed by atoms with Crippen LogP contribution in [0.5, 0.6) is 0 Å². The van der Waals surface area contributed by atoms with Crippen LogP contribution in [0, 0.1) is 5.82 Å². The van der Waals surface area contributed by atoms with Gasteiger partial charge in [0.15, 0.2) is 0 Å². The summed E-state index contributed by atoms with van der Waals surface area (Å²) in [6, 6.07) is 6.69. The van der Waals surface area contributed by atoms with Gasteiger partial charge in [-0.15, -0.1) is 11.3 Å². The SMILES string of the molecule is CN1CCN(C(=O)c2csc(CN3CCN(c4ccc(F)cc4)CC3)n2)CC1. The van der Waals surface area contributed by atoms with Crippen LogP contribution in [0.3, 0.4) is 0 Å². The highest BCUT2D eigenvalue weighted by atomic mass is 32.1. The lowest BCUT2D eigenvalue weighted by molar-refractivity contribution is 0.0658. The number of benzene rings is 1. The molecule has 0 radical (unpaired) electrons. The average molecular weight is 404 g/mol. The van der Waals surface area contributed by atoms with E-state index in [9.17, 15) is 9.18 Å². The number of carbonyl (C=O) groups is 1. The summed E-state index contributed by atoms with van der Waals surface area (Å²) in [5.74, 6) is -0.148. The van der Waals surface area contributed by atoms with Gasteiger partial charge >= 0.3 is 0 Å². The van der Waals surface area contributed by atoms with E-state index in [0.717, 1.165) is 69.6 Å². The molecule has 2 aliphatic heterocycles. The van der Waals surface area contributed by atoms with E-state index >= 15 is 0 Å². The van der Waals surface area contributed by atoms with E-state index in [4.69, 9.17) is 0 Å². The third-order valence-electron chi connectivity index (χ3n) is 5.48. The molecule has 2 saturated heterocycles. The van der Waals surface area contributed by atoms with Crippen LogP contribution < -0.4 is 4.90 Å². The van der Waals surface area contributed by atoms with Gasteiger partial charge in [-0.2, -0.15) is 0 Å². The van der Waals surface area contributed by atoms with Crippen LogP contribution in [0.25, 0.3) is 0 Å². The molecule has 2 fully saturated rings. The fraction of sp³-hybridized carbons (Fsp3) is 0.500. The second kappa shape index (κ2) is 8.55. The number of amides is 1. The maximum absolute atomic E-state index is 13.1. The number of nitrogens with zero attached hydrogens (tertiary/aromatic N) is 5. The number of piperazine rings is 2. The lowest BCUT2D eigenvalue weighted by Gasteiger charge is -2.35. The minimum absolute atomic E-state index is 0.0525. The number of aromatic nitrogens is 1. The first-order chi connectivity index (χ1) is 13.6. The summed E-state index contributed by atoms with van der Waals surface area (Å²) in [7, 11) is 2.08. The van der Waals surface area contributed by atoms with Crippen LogP contribution in [0.4, 0.5) is 10.1 Å². The van der Waals surface area contributed by atoms with Crippen molar-refractivity contribution < 1.29 is 9.18 Å². The van der Waals surface area contributed by atoms with Crippen molar-refractivity contribution in [2.24, 2.45) is 0 Å². The quantitative estimate of drug-likeness (QED) is 0.781. The molecular formula is C20H26FN5OS. The Morgan fingerprint density at radius 2 is 1.71 bits per heavy atom.